The average molecular weight is 207 g/mol. The molecule has 1 unspecified atom stereocenters. The van der Waals surface area contributed by atoms with Crippen LogP contribution in [0.1, 0.15) is 30.0 Å². The van der Waals surface area contributed by atoms with Crippen LogP contribution in [0.5, 0.6) is 0 Å². The van der Waals surface area contributed by atoms with Gasteiger partial charge < -0.3 is 15.6 Å². The van der Waals surface area contributed by atoms with E-state index in [4.69, 9.17) is 15.6 Å². The molecule has 0 amide bonds. The number of ether oxygens (including phenoxy) is 1. The van der Waals surface area contributed by atoms with E-state index in [9.17, 15) is 0 Å². The minimum Gasteiger partial charge on any atom is -0.394 e. The first kappa shape index (κ1) is 10.6. The summed E-state index contributed by atoms with van der Waals surface area (Å²) in [7, 11) is 1.74. The minimum atomic E-state index is -0.294. The van der Waals surface area contributed by atoms with Crippen LogP contribution in [-0.4, -0.2) is 18.8 Å². The molecule has 15 heavy (non-hydrogen) atoms. The van der Waals surface area contributed by atoms with Crippen LogP contribution < -0.4 is 5.73 Å². The molecule has 1 fully saturated rings. The van der Waals surface area contributed by atoms with Gasteiger partial charge in [-0.15, -0.1) is 0 Å². The second kappa shape index (κ2) is 3.93. The molecular weight excluding hydrogens is 190 g/mol. The van der Waals surface area contributed by atoms with Gasteiger partial charge in [0.15, 0.2) is 0 Å². The summed E-state index contributed by atoms with van der Waals surface area (Å²) in [6.07, 6.45) is 2.14. The molecule has 0 bridgehead atoms. The van der Waals surface area contributed by atoms with E-state index in [-0.39, 0.29) is 18.2 Å². The first-order valence-electron chi connectivity index (χ1n) is 5.24. The van der Waals surface area contributed by atoms with E-state index in [0.717, 1.165) is 18.4 Å². The summed E-state index contributed by atoms with van der Waals surface area (Å²) in [6.45, 7) is -0.0244. The SMILES string of the molecule is COC1(c2cccc(C(N)CO)c2)CC1. The number of methoxy groups -OCH3 is 1. The third-order valence-corrected chi connectivity index (χ3v) is 3.13. The molecule has 1 aliphatic rings. The van der Waals surface area contributed by atoms with Crippen molar-refractivity contribution in [2.45, 2.75) is 24.5 Å². The van der Waals surface area contributed by atoms with Gasteiger partial charge in [0.2, 0.25) is 0 Å². The van der Waals surface area contributed by atoms with Crippen molar-refractivity contribution < 1.29 is 9.84 Å². The van der Waals surface area contributed by atoms with E-state index >= 15 is 0 Å². The third kappa shape index (κ3) is 1.91. The van der Waals surface area contributed by atoms with Gasteiger partial charge in [0, 0.05) is 7.11 Å². The maximum atomic E-state index is 9.00. The fourth-order valence-electron chi connectivity index (χ4n) is 1.88. The molecule has 3 N–H and O–H groups in total. The third-order valence-electron chi connectivity index (χ3n) is 3.13. The zero-order valence-electron chi connectivity index (χ0n) is 8.94. The molecule has 0 heterocycles. The van der Waals surface area contributed by atoms with Gasteiger partial charge in [-0.1, -0.05) is 24.3 Å². The monoisotopic (exact) mass is 207 g/mol. The normalized spacial score (nSPS) is 19.9. The molecule has 0 aliphatic heterocycles. The maximum absolute atomic E-state index is 9.00. The smallest absolute Gasteiger partial charge is 0.0930 e. The van der Waals surface area contributed by atoms with Crippen molar-refractivity contribution in [2.75, 3.05) is 13.7 Å². The zero-order valence-corrected chi connectivity index (χ0v) is 8.94. The molecule has 1 aromatic rings. The van der Waals surface area contributed by atoms with E-state index in [2.05, 4.69) is 6.07 Å². The highest BCUT2D eigenvalue weighted by Gasteiger charge is 2.44. The van der Waals surface area contributed by atoms with E-state index in [1.807, 2.05) is 18.2 Å². The highest BCUT2D eigenvalue weighted by molar-refractivity contribution is 5.33. The topological polar surface area (TPSA) is 55.5 Å². The summed E-state index contributed by atoms with van der Waals surface area (Å²) in [5, 5.41) is 9.00. The van der Waals surface area contributed by atoms with Crippen molar-refractivity contribution >= 4 is 0 Å². The summed E-state index contributed by atoms with van der Waals surface area (Å²) in [5.41, 5.74) is 7.84. The maximum Gasteiger partial charge on any atom is 0.0930 e. The number of hydrogen-bond acceptors (Lipinski definition) is 3. The highest BCUT2D eigenvalue weighted by Crippen LogP contribution is 2.48. The Labute approximate surface area is 89.9 Å². The fourth-order valence-corrected chi connectivity index (χ4v) is 1.88. The van der Waals surface area contributed by atoms with Crippen LogP contribution in [0.2, 0.25) is 0 Å². The first-order chi connectivity index (χ1) is 7.22. The molecule has 82 valence electrons. The first-order valence-corrected chi connectivity index (χ1v) is 5.24. The second-order valence-electron chi connectivity index (χ2n) is 4.11. The van der Waals surface area contributed by atoms with Gasteiger partial charge in [0.25, 0.3) is 0 Å². The Balaban J connectivity index is 2.27. The van der Waals surface area contributed by atoms with Gasteiger partial charge in [-0.25, -0.2) is 0 Å². The van der Waals surface area contributed by atoms with Gasteiger partial charge >= 0.3 is 0 Å². The Kier molecular flexibility index (Phi) is 2.78. The molecule has 2 rings (SSSR count). The number of hydrogen-bond donors (Lipinski definition) is 2. The van der Waals surface area contributed by atoms with Crippen LogP contribution in [-0.2, 0) is 10.3 Å². The second-order valence-corrected chi connectivity index (χ2v) is 4.11. The Morgan fingerprint density at radius 1 is 1.53 bits per heavy atom. The van der Waals surface area contributed by atoms with E-state index in [0.29, 0.717) is 0 Å². The largest absolute Gasteiger partial charge is 0.394 e. The molecule has 1 atom stereocenters. The van der Waals surface area contributed by atoms with Crippen LogP contribution >= 0.6 is 0 Å². The summed E-state index contributed by atoms with van der Waals surface area (Å²) in [6, 6.07) is 7.72. The number of aliphatic hydroxyl groups is 1. The van der Waals surface area contributed by atoms with Crippen LogP contribution in [0, 0.1) is 0 Å². The van der Waals surface area contributed by atoms with Gasteiger partial charge in [0.1, 0.15) is 0 Å². The molecule has 1 saturated carbocycles. The quantitative estimate of drug-likeness (QED) is 0.782. The number of rotatable bonds is 4. The summed E-state index contributed by atoms with van der Waals surface area (Å²) in [5.74, 6) is 0. The zero-order chi connectivity index (χ0) is 10.9. The average Bonchev–Trinajstić information content (AvgIpc) is 3.09. The van der Waals surface area contributed by atoms with Crippen LogP contribution in [0.15, 0.2) is 24.3 Å². The van der Waals surface area contributed by atoms with Crippen molar-refractivity contribution in [1.82, 2.24) is 0 Å². The van der Waals surface area contributed by atoms with Gasteiger partial charge in [-0.3, -0.25) is 0 Å². The lowest BCUT2D eigenvalue weighted by Gasteiger charge is -2.16. The van der Waals surface area contributed by atoms with E-state index in [1.54, 1.807) is 7.11 Å². The van der Waals surface area contributed by atoms with Crippen molar-refractivity contribution in [1.29, 1.82) is 0 Å². The Morgan fingerprint density at radius 3 is 2.80 bits per heavy atom. The predicted octanol–water partition coefficient (Wildman–Crippen LogP) is 1.31. The van der Waals surface area contributed by atoms with Gasteiger partial charge in [-0.05, 0) is 24.0 Å². The van der Waals surface area contributed by atoms with E-state index < -0.39 is 0 Å². The lowest BCUT2D eigenvalue weighted by Crippen LogP contribution is -2.16. The fraction of sp³-hybridized carbons (Fsp3) is 0.500. The number of aliphatic hydroxyl groups excluding tert-OH is 1. The Bertz CT molecular complexity index is 347. The molecule has 0 aromatic heterocycles. The van der Waals surface area contributed by atoms with Crippen LogP contribution in [0.3, 0.4) is 0 Å². The Hall–Kier alpha value is -0.900. The molecular formula is C12H17NO2. The molecule has 0 radical (unpaired) electrons. The highest BCUT2D eigenvalue weighted by atomic mass is 16.5. The number of benzene rings is 1. The van der Waals surface area contributed by atoms with Gasteiger partial charge in [-0.2, -0.15) is 0 Å². The molecule has 0 saturated heterocycles. The van der Waals surface area contributed by atoms with Crippen LogP contribution in [0.4, 0.5) is 0 Å². The summed E-state index contributed by atoms with van der Waals surface area (Å²) < 4.78 is 5.50. The minimum absolute atomic E-state index is 0.0244. The van der Waals surface area contributed by atoms with Crippen molar-refractivity contribution in [3.63, 3.8) is 0 Å². The van der Waals surface area contributed by atoms with Gasteiger partial charge in [0.05, 0.1) is 18.2 Å². The van der Waals surface area contributed by atoms with E-state index in [1.165, 1.54) is 5.56 Å². The lowest BCUT2D eigenvalue weighted by molar-refractivity contribution is 0.0788. The van der Waals surface area contributed by atoms with Crippen molar-refractivity contribution in [3.05, 3.63) is 35.4 Å². The molecule has 0 spiro atoms. The molecule has 1 aliphatic carbocycles. The summed E-state index contributed by atoms with van der Waals surface area (Å²) in [4.78, 5) is 0. The number of nitrogens with two attached hydrogens (primary N) is 1. The molecule has 3 heteroatoms. The van der Waals surface area contributed by atoms with Crippen molar-refractivity contribution in [2.24, 2.45) is 5.73 Å². The van der Waals surface area contributed by atoms with Crippen molar-refractivity contribution in [3.8, 4) is 0 Å². The van der Waals surface area contributed by atoms with Crippen LogP contribution in [0.25, 0.3) is 0 Å². The molecule has 3 nitrogen and oxygen atoms in total. The Morgan fingerprint density at radius 2 is 2.27 bits per heavy atom. The lowest BCUT2D eigenvalue weighted by atomic mass is 10.0. The molecule has 1 aromatic carbocycles. The predicted molar refractivity (Wildman–Crippen MR) is 58.4 cm³/mol. The summed E-state index contributed by atoms with van der Waals surface area (Å²) >= 11 is 0. The standard InChI is InChI=1S/C12H17NO2/c1-15-12(5-6-12)10-4-2-3-9(7-10)11(13)8-14/h2-4,7,11,14H,5-6,8,13H2,1H3.